The predicted octanol–water partition coefficient (Wildman–Crippen LogP) is 2.54. The number of Topliss-reactive ketones (excluding diaryl/α,β-unsaturated/α-hetero) is 1. The normalized spacial score (nSPS) is 29.7. The first kappa shape index (κ1) is 12.6. The van der Waals surface area contributed by atoms with E-state index in [1.807, 2.05) is 11.8 Å². The summed E-state index contributed by atoms with van der Waals surface area (Å²) in [4.78, 5) is 26.0. The molecule has 1 aliphatic carbocycles. The smallest absolute Gasteiger partial charge is 0.222 e. The summed E-state index contributed by atoms with van der Waals surface area (Å²) in [5.41, 5.74) is 0. The second-order valence-corrected chi connectivity index (χ2v) is 5.37. The van der Waals surface area contributed by atoms with Gasteiger partial charge in [-0.3, -0.25) is 9.59 Å². The molecule has 3 nitrogen and oxygen atoms in total. The molecule has 96 valence electrons. The van der Waals surface area contributed by atoms with E-state index in [2.05, 4.69) is 0 Å². The number of carbonyl (C=O) groups excluding carboxylic acids is 2. The van der Waals surface area contributed by atoms with Crippen LogP contribution in [-0.4, -0.2) is 29.2 Å². The molecule has 2 rings (SSSR count). The molecule has 0 N–H and O–H groups in total. The van der Waals surface area contributed by atoms with Crippen LogP contribution in [0.15, 0.2) is 0 Å². The Balaban J connectivity index is 2.03. The summed E-state index contributed by atoms with van der Waals surface area (Å²) in [5.74, 6) is 0.804. The maximum atomic E-state index is 12.0. The average molecular weight is 237 g/mol. The maximum Gasteiger partial charge on any atom is 0.222 e. The lowest BCUT2D eigenvalue weighted by molar-refractivity contribution is -0.135. The monoisotopic (exact) mass is 237 g/mol. The fourth-order valence-electron chi connectivity index (χ4n) is 3.29. The highest BCUT2D eigenvalue weighted by Crippen LogP contribution is 2.32. The topological polar surface area (TPSA) is 37.4 Å². The molecule has 0 radical (unpaired) electrons. The van der Waals surface area contributed by atoms with Crippen LogP contribution in [0.4, 0.5) is 0 Å². The minimum absolute atomic E-state index is 0.145. The van der Waals surface area contributed by atoms with E-state index in [0.717, 1.165) is 51.5 Å². The zero-order valence-electron chi connectivity index (χ0n) is 10.8. The predicted molar refractivity (Wildman–Crippen MR) is 66.6 cm³/mol. The third-order valence-corrected chi connectivity index (χ3v) is 4.15. The molecule has 1 saturated carbocycles. The number of amides is 1. The molecule has 1 amide bonds. The molecule has 2 unspecified atom stereocenters. The van der Waals surface area contributed by atoms with E-state index in [4.69, 9.17) is 0 Å². The first-order valence-corrected chi connectivity index (χ1v) is 7.06. The van der Waals surface area contributed by atoms with Crippen molar-refractivity contribution in [3.63, 3.8) is 0 Å². The van der Waals surface area contributed by atoms with E-state index in [9.17, 15) is 9.59 Å². The molecular weight excluding hydrogens is 214 g/mol. The lowest BCUT2D eigenvalue weighted by atomic mass is 9.82. The molecule has 2 aliphatic rings. The van der Waals surface area contributed by atoms with Gasteiger partial charge in [-0.1, -0.05) is 13.3 Å². The highest BCUT2D eigenvalue weighted by Gasteiger charge is 2.38. The fraction of sp³-hybridized carbons (Fsp3) is 0.857. The Bertz CT molecular complexity index is 301. The van der Waals surface area contributed by atoms with Crippen molar-refractivity contribution in [2.24, 2.45) is 5.92 Å². The van der Waals surface area contributed by atoms with Gasteiger partial charge in [0.25, 0.3) is 0 Å². The number of rotatable bonds is 3. The van der Waals surface area contributed by atoms with Gasteiger partial charge < -0.3 is 4.90 Å². The van der Waals surface area contributed by atoms with Crippen LogP contribution in [0.5, 0.6) is 0 Å². The maximum absolute atomic E-state index is 12.0. The molecule has 0 aromatic carbocycles. The zero-order valence-corrected chi connectivity index (χ0v) is 10.8. The molecule has 2 fully saturated rings. The molecule has 1 aliphatic heterocycles. The number of nitrogens with zero attached hydrogens (tertiary/aromatic N) is 1. The SMILES string of the molecule is CCCC(=O)N1CCCC1C1CCCCC1=O. The summed E-state index contributed by atoms with van der Waals surface area (Å²) >= 11 is 0. The van der Waals surface area contributed by atoms with Crippen LogP contribution >= 0.6 is 0 Å². The average Bonchev–Trinajstić information content (AvgIpc) is 2.79. The number of hydrogen-bond acceptors (Lipinski definition) is 2. The Kier molecular flexibility index (Phi) is 4.19. The molecule has 1 saturated heterocycles. The van der Waals surface area contributed by atoms with Crippen LogP contribution in [0, 0.1) is 5.92 Å². The van der Waals surface area contributed by atoms with E-state index in [1.54, 1.807) is 0 Å². The van der Waals surface area contributed by atoms with Gasteiger partial charge in [-0.25, -0.2) is 0 Å². The van der Waals surface area contributed by atoms with Gasteiger partial charge in [0.15, 0.2) is 0 Å². The summed E-state index contributed by atoms with van der Waals surface area (Å²) in [6, 6.07) is 0.224. The summed E-state index contributed by atoms with van der Waals surface area (Å²) in [5, 5.41) is 0. The van der Waals surface area contributed by atoms with E-state index >= 15 is 0 Å². The van der Waals surface area contributed by atoms with Gasteiger partial charge in [0, 0.05) is 31.3 Å². The zero-order chi connectivity index (χ0) is 12.3. The molecule has 0 aromatic heterocycles. The lowest BCUT2D eigenvalue weighted by Gasteiger charge is -2.33. The van der Waals surface area contributed by atoms with Crippen molar-refractivity contribution in [3.8, 4) is 0 Å². The van der Waals surface area contributed by atoms with Crippen LogP contribution in [0.3, 0.4) is 0 Å². The third kappa shape index (κ3) is 2.70. The minimum atomic E-state index is 0.145. The molecule has 0 bridgehead atoms. The van der Waals surface area contributed by atoms with Gasteiger partial charge in [-0.15, -0.1) is 0 Å². The van der Waals surface area contributed by atoms with Crippen LogP contribution in [0.25, 0.3) is 0 Å². The fourth-order valence-corrected chi connectivity index (χ4v) is 3.29. The van der Waals surface area contributed by atoms with Crippen molar-refractivity contribution in [3.05, 3.63) is 0 Å². The Morgan fingerprint density at radius 2 is 2.12 bits per heavy atom. The second-order valence-electron chi connectivity index (χ2n) is 5.37. The Labute approximate surface area is 104 Å². The standard InChI is InChI=1S/C14H23NO2/c1-2-6-14(17)15-10-5-8-12(15)11-7-3-4-9-13(11)16/h11-12H,2-10H2,1H3. The van der Waals surface area contributed by atoms with E-state index < -0.39 is 0 Å². The largest absolute Gasteiger partial charge is 0.339 e. The number of carbonyl (C=O) groups is 2. The molecule has 2 atom stereocenters. The molecular formula is C14H23NO2. The van der Waals surface area contributed by atoms with Gasteiger partial charge in [-0.05, 0) is 32.1 Å². The van der Waals surface area contributed by atoms with Crippen LogP contribution in [-0.2, 0) is 9.59 Å². The molecule has 3 heteroatoms. The minimum Gasteiger partial charge on any atom is -0.339 e. The first-order valence-electron chi connectivity index (χ1n) is 7.06. The van der Waals surface area contributed by atoms with Crippen molar-refractivity contribution in [2.45, 2.75) is 64.3 Å². The molecule has 17 heavy (non-hydrogen) atoms. The Hall–Kier alpha value is -0.860. The molecule has 0 aromatic rings. The number of hydrogen-bond donors (Lipinski definition) is 0. The second kappa shape index (κ2) is 5.65. The quantitative estimate of drug-likeness (QED) is 0.756. The van der Waals surface area contributed by atoms with E-state index in [1.165, 1.54) is 0 Å². The highest BCUT2D eigenvalue weighted by atomic mass is 16.2. The third-order valence-electron chi connectivity index (χ3n) is 4.15. The molecule has 1 heterocycles. The van der Waals surface area contributed by atoms with Crippen LogP contribution in [0.1, 0.15) is 58.3 Å². The van der Waals surface area contributed by atoms with Gasteiger partial charge >= 0.3 is 0 Å². The Morgan fingerprint density at radius 1 is 1.29 bits per heavy atom. The number of ketones is 1. The first-order chi connectivity index (χ1) is 8.24. The van der Waals surface area contributed by atoms with Crippen molar-refractivity contribution >= 4 is 11.7 Å². The van der Waals surface area contributed by atoms with Crippen molar-refractivity contribution in [1.29, 1.82) is 0 Å². The van der Waals surface area contributed by atoms with Gasteiger partial charge in [0.2, 0.25) is 5.91 Å². The van der Waals surface area contributed by atoms with Crippen molar-refractivity contribution in [2.75, 3.05) is 6.54 Å². The van der Waals surface area contributed by atoms with Gasteiger partial charge in [0.05, 0.1) is 0 Å². The van der Waals surface area contributed by atoms with E-state index in [-0.39, 0.29) is 17.9 Å². The van der Waals surface area contributed by atoms with Crippen LogP contribution in [0.2, 0.25) is 0 Å². The van der Waals surface area contributed by atoms with Gasteiger partial charge in [0.1, 0.15) is 5.78 Å². The van der Waals surface area contributed by atoms with Crippen LogP contribution < -0.4 is 0 Å². The molecule has 0 spiro atoms. The Morgan fingerprint density at radius 3 is 2.82 bits per heavy atom. The van der Waals surface area contributed by atoms with Crippen molar-refractivity contribution < 1.29 is 9.59 Å². The highest BCUT2D eigenvalue weighted by molar-refractivity contribution is 5.84. The summed E-state index contributed by atoms with van der Waals surface area (Å²) in [6.07, 6.45) is 7.58. The summed E-state index contributed by atoms with van der Waals surface area (Å²) < 4.78 is 0. The van der Waals surface area contributed by atoms with Gasteiger partial charge in [-0.2, -0.15) is 0 Å². The van der Waals surface area contributed by atoms with Crippen molar-refractivity contribution in [1.82, 2.24) is 4.90 Å². The van der Waals surface area contributed by atoms with E-state index in [0.29, 0.717) is 12.2 Å². The number of likely N-dealkylation sites (tertiary alicyclic amines) is 1. The lowest BCUT2D eigenvalue weighted by Crippen LogP contribution is -2.43. The summed E-state index contributed by atoms with van der Waals surface area (Å²) in [7, 11) is 0. The summed E-state index contributed by atoms with van der Waals surface area (Å²) in [6.45, 7) is 2.90.